The van der Waals surface area contributed by atoms with Gasteiger partial charge in [0.2, 0.25) is 0 Å². The highest BCUT2D eigenvalue weighted by Crippen LogP contribution is 2.46. The molecule has 0 unspecified atom stereocenters. The first-order valence-corrected chi connectivity index (χ1v) is 14.2. The summed E-state index contributed by atoms with van der Waals surface area (Å²) in [4.78, 5) is 2.24. The van der Waals surface area contributed by atoms with Gasteiger partial charge >= 0.3 is 0 Å². The Hall–Kier alpha value is -5.61. The smallest absolute Gasteiger partial charge is 0.131 e. The van der Waals surface area contributed by atoms with Crippen LogP contribution in [0.15, 0.2) is 146 Å². The molecule has 3 aromatic heterocycles. The molecule has 0 aliphatic heterocycles. The summed E-state index contributed by atoms with van der Waals surface area (Å²) in [6.45, 7) is 0. The number of fused-ring (bicyclic) bond motifs is 9. The van der Waals surface area contributed by atoms with E-state index in [9.17, 15) is 4.39 Å². The van der Waals surface area contributed by atoms with Crippen molar-refractivity contribution in [1.29, 1.82) is 0 Å². The minimum atomic E-state index is -0.253. The minimum absolute atomic E-state index is 0.253. The Morgan fingerprint density at radius 2 is 1.00 bits per heavy atom. The number of hydrogen-bond acceptors (Lipinski definition) is 1. The molecule has 4 heteroatoms. The minimum Gasteiger partial charge on any atom is -0.308 e. The van der Waals surface area contributed by atoms with Gasteiger partial charge in [-0.15, -0.1) is 0 Å². The quantitative estimate of drug-likeness (QED) is 0.216. The van der Waals surface area contributed by atoms with Crippen LogP contribution in [0.25, 0.3) is 55.0 Å². The lowest BCUT2D eigenvalue weighted by atomic mass is 10.0. The molecule has 0 spiro atoms. The average molecular weight is 542 g/mol. The summed E-state index contributed by atoms with van der Waals surface area (Å²) in [5, 5.41) is 3.76. The van der Waals surface area contributed by atoms with Crippen LogP contribution in [0.4, 0.5) is 21.5 Å². The van der Waals surface area contributed by atoms with E-state index in [2.05, 4.69) is 129 Å². The van der Waals surface area contributed by atoms with Crippen LogP contribution >= 0.6 is 0 Å². The predicted molar refractivity (Wildman–Crippen MR) is 172 cm³/mol. The van der Waals surface area contributed by atoms with Crippen LogP contribution < -0.4 is 4.90 Å². The number of aromatic nitrogens is 2. The van der Waals surface area contributed by atoms with Gasteiger partial charge in [0, 0.05) is 27.5 Å². The van der Waals surface area contributed by atoms with E-state index < -0.39 is 0 Å². The number of para-hydroxylation sites is 3. The molecule has 0 saturated heterocycles. The Morgan fingerprint density at radius 3 is 1.69 bits per heavy atom. The van der Waals surface area contributed by atoms with Gasteiger partial charge < -0.3 is 4.90 Å². The molecule has 3 heterocycles. The maximum Gasteiger partial charge on any atom is 0.131 e. The summed E-state index contributed by atoms with van der Waals surface area (Å²) in [6, 6.07) is 49.6. The molecule has 0 atom stereocenters. The van der Waals surface area contributed by atoms with Gasteiger partial charge in [-0.25, -0.2) is 4.39 Å². The molecule has 0 saturated carbocycles. The molecule has 0 amide bonds. The van der Waals surface area contributed by atoms with E-state index in [4.69, 9.17) is 0 Å². The number of halogens is 1. The zero-order valence-electron chi connectivity index (χ0n) is 22.6. The van der Waals surface area contributed by atoms with Crippen molar-refractivity contribution < 1.29 is 4.39 Å². The molecule has 0 aliphatic carbocycles. The van der Waals surface area contributed by atoms with Crippen molar-refractivity contribution >= 4 is 60.9 Å². The summed E-state index contributed by atoms with van der Waals surface area (Å²) in [5.74, 6) is -0.253. The topological polar surface area (TPSA) is 12.1 Å². The van der Waals surface area contributed by atoms with E-state index in [1.807, 2.05) is 18.2 Å². The normalized spacial score (nSPS) is 11.9. The third-order valence-corrected chi connectivity index (χ3v) is 8.49. The van der Waals surface area contributed by atoms with Crippen LogP contribution in [-0.4, -0.2) is 8.80 Å². The monoisotopic (exact) mass is 541 g/mol. The first-order chi connectivity index (χ1) is 20.8. The van der Waals surface area contributed by atoms with Gasteiger partial charge in [0.15, 0.2) is 0 Å². The van der Waals surface area contributed by atoms with Crippen LogP contribution in [0.3, 0.4) is 0 Å². The van der Waals surface area contributed by atoms with Crippen LogP contribution in [0, 0.1) is 5.82 Å². The van der Waals surface area contributed by atoms with Crippen molar-refractivity contribution in [2.45, 2.75) is 0 Å². The summed E-state index contributed by atoms with van der Waals surface area (Å²) in [6.07, 6.45) is 0. The third kappa shape index (κ3) is 3.15. The Morgan fingerprint density at radius 1 is 0.452 bits per heavy atom. The highest BCUT2D eigenvalue weighted by atomic mass is 19.1. The Bertz CT molecular complexity index is 2390. The highest BCUT2D eigenvalue weighted by molar-refractivity contribution is 6.24. The van der Waals surface area contributed by atoms with Crippen molar-refractivity contribution in [3.63, 3.8) is 0 Å². The largest absolute Gasteiger partial charge is 0.308 e. The molecule has 0 fully saturated rings. The SMILES string of the molecule is Fc1ccc(N(c2ccc(-c3ccccc3)cc2)c2cccc3c2n2c4ccccc4c4c5ccccc5n3c42)cc1. The van der Waals surface area contributed by atoms with Crippen molar-refractivity contribution in [2.75, 3.05) is 4.90 Å². The molecular formula is C38H24FN3. The average Bonchev–Trinajstić information content (AvgIpc) is 3.68. The molecule has 9 rings (SSSR count). The Balaban J connectivity index is 1.38. The third-order valence-electron chi connectivity index (χ3n) is 8.49. The maximum absolute atomic E-state index is 14.2. The van der Waals surface area contributed by atoms with E-state index in [0.717, 1.165) is 33.7 Å². The Labute approximate surface area is 241 Å². The van der Waals surface area contributed by atoms with Crippen LogP contribution in [-0.2, 0) is 0 Å². The zero-order valence-corrected chi connectivity index (χ0v) is 22.6. The predicted octanol–water partition coefficient (Wildman–Crippen LogP) is 10.4. The van der Waals surface area contributed by atoms with Gasteiger partial charge in [0.1, 0.15) is 11.5 Å². The lowest BCUT2D eigenvalue weighted by Crippen LogP contribution is -2.11. The number of nitrogens with zero attached hydrogens (tertiary/aromatic N) is 3. The second-order valence-corrected chi connectivity index (χ2v) is 10.8. The number of hydrogen-bond donors (Lipinski definition) is 0. The Kier molecular flexibility index (Phi) is 4.79. The van der Waals surface area contributed by atoms with Crippen molar-refractivity contribution in [3.05, 3.63) is 151 Å². The summed E-state index contributed by atoms with van der Waals surface area (Å²) in [7, 11) is 0. The van der Waals surface area contributed by atoms with Crippen molar-refractivity contribution in [3.8, 4) is 11.1 Å². The molecule has 198 valence electrons. The van der Waals surface area contributed by atoms with Gasteiger partial charge in [-0.1, -0.05) is 84.9 Å². The molecule has 6 aromatic carbocycles. The number of imidazole rings is 1. The van der Waals surface area contributed by atoms with Gasteiger partial charge in [0.25, 0.3) is 0 Å². The van der Waals surface area contributed by atoms with Crippen LogP contribution in [0.2, 0.25) is 0 Å². The van der Waals surface area contributed by atoms with Gasteiger partial charge in [-0.3, -0.25) is 8.80 Å². The van der Waals surface area contributed by atoms with Crippen LogP contribution in [0.1, 0.15) is 0 Å². The lowest BCUT2D eigenvalue weighted by molar-refractivity contribution is 0.628. The lowest BCUT2D eigenvalue weighted by Gasteiger charge is -2.26. The molecule has 9 aromatic rings. The van der Waals surface area contributed by atoms with E-state index in [1.165, 1.54) is 50.5 Å². The fourth-order valence-electron chi connectivity index (χ4n) is 6.73. The number of anilines is 3. The van der Waals surface area contributed by atoms with Crippen molar-refractivity contribution in [2.24, 2.45) is 0 Å². The van der Waals surface area contributed by atoms with E-state index in [-0.39, 0.29) is 5.82 Å². The fraction of sp³-hybridized carbons (Fsp3) is 0. The molecule has 42 heavy (non-hydrogen) atoms. The number of rotatable bonds is 4. The highest BCUT2D eigenvalue weighted by Gasteiger charge is 2.26. The second-order valence-electron chi connectivity index (χ2n) is 10.8. The summed E-state index contributed by atoms with van der Waals surface area (Å²) >= 11 is 0. The van der Waals surface area contributed by atoms with E-state index in [1.54, 1.807) is 0 Å². The van der Waals surface area contributed by atoms with E-state index in [0.29, 0.717) is 0 Å². The second kappa shape index (κ2) is 8.69. The molecule has 0 radical (unpaired) electrons. The van der Waals surface area contributed by atoms with E-state index >= 15 is 0 Å². The summed E-state index contributed by atoms with van der Waals surface area (Å²) < 4.78 is 19.0. The van der Waals surface area contributed by atoms with Crippen molar-refractivity contribution in [1.82, 2.24) is 8.80 Å². The molecule has 0 aliphatic rings. The standard InChI is InChI=1S/C38H24FN3/c39-27-19-23-29(24-20-27)40(28-21-17-26(18-22-28)25-9-2-1-3-10-25)34-15-8-16-35-37(34)42-33-14-7-5-12-31(33)36-30-11-4-6-13-32(30)41(35)38(36)42/h1-24H. The van der Waals surface area contributed by atoms with Gasteiger partial charge in [0.05, 0.1) is 27.8 Å². The zero-order chi connectivity index (χ0) is 27.8. The van der Waals surface area contributed by atoms with Gasteiger partial charge in [-0.2, -0.15) is 0 Å². The fourth-order valence-corrected chi connectivity index (χ4v) is 6.73. The first kappa shape index (κ1) is 23.1. The maximum atomic E-state index is 14.2. The summed E-state index contributed by atoms with van der Waals surface area (Å²) in [5.41, 5.74) is 11.0. The number of benzene rings is 6. The first-order valence-electron chi connectivity index (χ1n) is 14.2. The molecule has 0 bridgehead atoms. The molecule has 3 nitrogen and oxygen atoms in total. The molecule has 0 N–H and O–H groups in total. The van der Waals surface area contributed by atoms with Gasteiger partial charge in [-0.05, 0) is 71.8 Å². The van der Waals surface area contributed by atoms with Crippen LogP contribution in [0.5, 0.6) is 0 Å². The molecular weight excluding hydrogens is 517 g/mol.